The fourth-order valence-electron chi connectivity index (χ4n) is 8.04. The van der Waals surface area contributed by atoms with Crippen LogP contribution in [0.2, 0.25) is 0 Å². The van der Waals surface area contributed by atoms with Gasteiger partial charge in [-0.3, -0.25) is 0 Å². The van der Waals surface area contributed by atoms with Gasteiger partial charge in [0.2, 0.25) is 0 Å². The first-order valence-corrected chi connectivity index (χ1v) is 12.8. The van der Waals surface area contributed by atoms with Crippen molar-refractivity contribution in [3.05, 3.63) is 0 Å². The molecular weight excluding hydrogens is 380 g/mol. The van der Waals surface area contributed by atoms with E-state index in [9.17, 15) is 10.2 Å². The van der Waals surface area contributed by atoms with Crippen LogP contribution >= 0.6 is 11.6 Å². The van der Waals surface area contributed by atoms with Gasteiger partial charge in [-0.2, -0.15) is 0 Å². The highest BCUT2D eigenvalue weighted by atomic mass is 35.5. The Balaban J connectivity index is 1.69. The quantitative estimate of drug-likeness (QED) is 0.442. The first-order chi connectivity index (χ1) is 13.3. The van der Waals surface area contributed by atoms with Gasteiger partial charge in [-0.15, -0.1) is 0 Å². The van der Waals surface area contributed by atoms with Crippen molar-refractivity contribution in [3.63, 3.8) is 0 Å². The second kappa shape index (κ2) is 8.28. The van der Waals surface area contributed by atoms with E-state index in [1.54, 1.807) is 6.92 Å². The van der Waals surface area contributed by atoms with Crippen LogP contribution in [0.4, 0.5) is 0 Å². The Hall–Kier alpha value is 0.210. The lowest BCUT2D eigenvalue weighted by atomic mass is 9.52. The van der Waals surface area contributed by atoms with Crippen LogP contribution in [-0.4, -0.2) is 20.9 Å². The van der Waals surface area contributed by atoms with Crippen LogP contribution in [-0.2, 0) is 0 Å². The SMILES string of the molecule is CC[C@]1(C)[C@@H]([C@H](C)CC[C@](C)(O)Cl)CC[C@H]1[C@@H]1CCC2C[C@@](C)(O)CC[C@]2(C)C1. The standard InChI is InChI=1S/C26H47ClO2/c1-7-25(5)21(18(2)12-13-26(6,27)29)10-11-22(25)19-8-9-20-17-24(4,28)15-14-23(20,3)16-19/h18-22,28-29H,7-17H2,1-6H3/t18-,19-,20?,21-,22+,23-,24+,25-,26+/m1/s1. The molecule has 0 aromatic carbocycles. The number of hydrogen-bond acceptors (Lipinski definition) is 2. The molecule has 3 rings (SSSR count). The van der Waals surface area contributed by atoms with Crippen molar-refractivity contribution < 1.29 is 10.2 Å². The number of aliphatic hydroxyl groups is 2. The fraction of sp³-hybridized carbons (Fsp3) is 1.00. The maximum atomic E-state index is 10.6. The van der Waals surface area contributed by atoms with E-state index in [4.69, 9.17) is 11.6 Å². The van der Waals surface area contributed by atoms with E-state index >= 15 is 0 Å². The zero-order valence-corrected chi connectivity index (χ0v) is 20.7. The minimum atomic E-state index is -1.07. The van der Waals surface area contributed by atoms with Gasteiger partial charge in [-0.1, -0.05) is 45.7 Å². The molecule has 9 atom stereocenters. The van der Waals surface area contributed by atoms with Crippen molar-refractivity contribution in [3.8, 4) is 0 Å². The predicted molar refractivity (Wildman–Crippen MR) is 123 cm³/mol. The molecule has 29 heavy (non-hydrogen) atoms. The van der Waals surface area contributed by atoms with Gasteiger partial charge < -0.3 is 10.2 Å². The van der Waals surface area contributed by atoms with Crippen molar-refractivity contribution in [2.24, 2.45) is 40.4 Å². The van der Waals surface area contributed by atoms with Crippen LogP contribution < -0.4 is 0 Å². The topological polar surface area (TPSA) is 40.5 Å². The molecule has 3 saturated carbocycles. The zero-order chi connectivity index (χ0) is 21.7. The van der Waals surface area contributed by atoms with E-state index in [0.717, 1.165) is 37.0 Å². The lowest BCUT2D eigenvalue weighted by molar-refractivity contribution is -0.0895. The van der Waals surface area contributed by atoms with Crippen LogP contribution in [0.1, 0.15) is 112 Å². The second-order valence-electron chi connectivity index (χ2n) is 12.4. The molecule has 3 heteroatoms. The molecule has 0 bridgehead atoms. The van der Waals surface area contributed by atoms with Gasteiger partial charge in [0, 0.05) is 0 Å². The molecule has 0 saturated heterocycles. The molecule has 0 aromatic heterocycles. The van der Waals surface area contributed by atoms with Crippen LogP contribution in [0.5, 0.6) is 0 Å². The summed E-state index contributed by atoms with van der Waals surface area (Å²) < 4.78 is 0. The van der Waals surface area contributed by atoms with Gasteiger partial charge in [0.05, 0.1) is 5.60 Å². The van der Waals surface area contributed by atoms with Crippen molar-refractivity contribution in [2.75, 3.05) is 0 Å². The molecule has 3 fully saturated rings. The third-order valence-corrected chi connectivity index (χ3v) is 10.3. The van der Waals surface area contributed by atoms with Crippen LogP contribution in [0.15, 0.2) is 0 Å². The summed E-state index contributed by atoms with van der Waals surface area (Å²) in [5, 5.41) is 19.5. The number of halogens is 1. The molecule has 3 aliphatic carbocycles. The average Bonchev–Trinajstić information content (AvgIpc) is 2.97. The summed E-state index contributed by atoms with van der Waals surface area (Å²) in [7, 11) is 0. The van der Waals surface area contributed by atoms with Crippen LogP contribution in [0.3, 0.4) is 0 Å². The molecule has 1 unspecified atom stereocenters. The summed E-state index contributed by atoms with van der Waals surface area (Å²) in [5.41, 5.74) is 0.402. The molecule has 0 aliphatic heterocycles. The molecule has 2 nitrogen and oxygen atoms in total. The lowest BCUT2D eigenvalue weighted by Gasteiger charge is -2.54. The Labute approximate surface area is 185 Å². The Morgan fingerprint density at radius 1 is 1.07 bits per heavy atom. The maximum Gasteiger partial charge on any atom is 0.135 e. The van der Waals surface area contributed by atoms with E-state index in [1.807, 2.05) is 6.92 Å². The summed E-state index contributed by atoms with van der Waals surface area (Å²) in [4.78, 5) is 0. The fourth-order valence-corrected chi connectivity index (χ4v) is 8.15. The smallest absolute Gasteiger partial charge is 0.135 e. The van der Waals surface area contributed by atoms with E-state index in [-0.39, 0.29) is 0 Å². The molecule has 2 N–H and O–H groups in total. The van der Waals surface area contributed by atoms with Gasteiger partial charge in [-0.25, -0.2) is 0 Å². The van der Waals surface area contributed by atoms with Crippen LogP contribution in [0.25, 0.3) is 0 Å². The third kappa shape index (κ3) is 5.01. The minimum absolute atomic E-state index is 0.408. The molecule has 0 aromatic rings. The summed E-state index contributed by atoms with van der Waals surface area (Å²) in [5.74, 6) is 3.74. The predicted octanol–water partition coefficient (Wildman–Crippen LogP) is 7.15. The first-order valence-electron chi connectivity index (χ1n) is 12.4. The number of alkyl halides is 1. The van der Waals surface area contributed by atoms with Gasteiger partial charge in [0.1, 0.15) is 5.06 Å². The second-order valence-corrected chi connectivity index (χ2v) is 13.2. The van der Waals surface area contributed by atoms with E-state index in [1.165, 1.54) is 44.9 Å². The van der Waals surface area contributed by atoms with Crippen LogP contribution in [0, 0.1) is 40.4 Å². The first kappa shape index (κ1) is 23.9. The summed E-state index contributed by atoms with van der Waals surface area (Å²) in [6.45, 7) is 13.7. The van der Waals surface area contributed by atoms with E-state index < -0.39 is 10.7 Å². The number of fused-ring (bicyclic) bond motifs is 1. The van der Waals surface area contributed by atoms with Crippen molar-refractivity contribution in [1.82, 2.24) is 0 Å². The Morgan fingerprint density at radius 3 is 2.38 bits per heavy atom. The zero-order valence-electron chi connectivity index (χ0n) is 19.9. The summed E-state index contributed by atoms with van der Waals surface area (Å²) in [6.07, 6.45) is 12.9. The van der Waals surface area contributed by atoms with Crippen molar-refractivity contribution in [2.45, 2.75) is 123 Å². The van der Waals surface area contributed by atoms with Gasteiger partial charge >= 0.3 is 0 Å². The minimum Gasteiger partial charge on any atom is -0.390 e. The lowest BCUT2D eigenvalue weighted by Crippen LogP contribution is -2.47. The van der Waals surface area contributed by atoms with E-state index in [2.05, 4.69) is 27.7 Å². The summed E-state index contributed by atoms with van der Waals surface area (Å²) in [6, 6.07) is 0. The Morgan fingerprint density at radius 2 is 1.76 bits per heavy atom. The highest BCUT2D eigenvalue weighted by molar-refractivity contribution is 6.22. The molecule has 3 aliphatic rings. The van der Waals surface area contributed by atoms with Gasteiger partial charge in [-0.05, 0) is 118 Å². The number of hydrogen-bond donors (Lipinski definition) is 2. The normalized spacial score (nSPS) is 48.7. The molecule has 0 heterocycles. The highest BCUT2D eigenvalue weighted by Gasteiger charge is 2.54. The van der Waals surface area contributed by atoms with Crippen molar-refractivity contribution in [1.29, 1.82) is 0 Å². The molecular formula is C26H47ClO2. The average molecular weight is 427 g/mol. The molecule has 0 radical (unpaired) electrons. The van der Waals surface area contributed by atoms with E-state index in [0.29, 0.717) is 29.1 Å². The molecule has 0 spiro atoms. The Kier molecular flexibility index (Phi) is 6.82. The monoisotopic (exact) mass is 426 g/mol. The highest BCUT2D eigenvalue weighted by Crippen LogP contribution is 2.62. The largest absolute Gasteiger partial charge is 0.390 e. The maximum absolute atomic E-state index is 10.6. The third-order valence-electron chi connectivity index (χ3n) is 10.1. The number of rotatable bonds is 6. The van der Waals surface area contributed by atoms with Crippen molar-refractivity contribution >= 4 is 11.6 Å². The molecule has 170 valence electrons. The Bertz CT molecular complexity index is 568. The van der Waals surface area contributed by atoms with Gasteiger partial charge in [0.25, 0.3) is 0 Å². The molecule has 0 amide bonds. The van der Waals surface area contributed by atoms with Gasteiger partial charge in [0.15, 0.2) is 0 Å². The summed E-state index contributed by atoms with van der Waals surface area (Å²) >= 11 is 6.08.